The fraction of sp³-hybridized carbons (Fsp3) is 0.250. The third kappa shape index (κ3) is 3.22. The van der Waals surface area contributed by atoms with Crippen LogP contribution in [0, 0.1) is 11.6 Å². The molecule has 86 valence electrons. The van der Waals surface area contributed by atoms with Gasteiger partial charge in [0.15, 0.2) is 0 Å². The van der Waals surface area contributed by atoms with Crippen molar-refractivity contribution in [2.75, 3.05) is 0 Å². The highest BCUT2D eigenvalue weighted by Gasteiger charge is 2.25. The predicted octanol–water partition coefficient (Wildman–Crippen LogP) is 3.30. The minimum atomic E-state index is -3.03. The first-order valence-electron chi connectivity index (χ1n) is 3.61. The maximum Gasteiger partial charge on any atom is 0.257 e. The molecule has 0 unspecified atom stereocenters. The molecule has 2 N–H and O–H groups in total. The molecule has 15 heavy (non-hydrogen) atoms. The normalized spacial score (nSPS) is 12.5. The van der Waals surface area contributed by atoms with Crippen LogP contribution >= 0.6 is 24.0 Å². The highest BCUT2D eigenvalue weighted by atomic mass is 35.5. The van der Waals surface area contributed by atoms with Gasteiger partial charge in [0.2, 0.25) is 0 Å². The number of hydrogen-bond acceptors (Lipinski definition) is 1. The van der Waals surface area contributed by atoms with Crippen LogP contribution < -0.4 is 5.73 Å². The van der Waals surface area contributed by atoms with Crippen molar-refractivity contribution in [3.63, 3.8) is 0 Å². The molecule has 1 atom stereocenters. The zero-order chi connectivity index (χ0) is 10.9. The number of nitrogens with two attached hydrogens (primary N) is 1. The zero-order valence-electron chi connectivity index (χ0n) is 7.18. The van der Waals surface area contributed by atoms with Crippen molar-refractivity contribution in [1.29, 1.82) is 0 Å². The Hall–Kier alpha value is -0.520. The fourth-order valence-corrected chi connectivity index (χ4v) is 1.19. The summed E-state index contributed by atoms with van der Waals surface area (Å²) in [5, 5.41) is -0.204. The average Bonchev–Trinajstić information content (AvgIpc) is 2.01. The lowest BCUT2D eigenvalue weighted by molar-refractivity contribution is 0.113. The Morgan fingerprint density at radius 2 is 1.53 bits per heavy atom. The summed E-state index contributed by atoms with van der Waals surface area (Å²) in [5.41, 5.74) is 4.07. The smallest absolute Gasteiger partial charge is 0.257 e. The zero-order valence-corrected chi connectivity index (χ0v) is 8.76. The lowest BCUT2D eigenvalue weighted by atomic mass is 10.1. The standard InChI is InChI=1S/C8H6ClF4N.ClH/c9-3-1-4(10)6(5(11)2-3)7(14)8(12)13;/h1-2,7-8H,14H2;1H/t7-;/m1./s1. The third-order valence-corrected chi connectivity index (χ3v) is 1.87. The van der Waals surface area contributed by atoms with Crippen LogP contribution in [0.4, 0.5) is 17.6 Å². The summed E-state index contributed by atoms with van der Waals surface area (Å²) in [6.07, 6.45) is -3.03. The van der Waals surface area contributed by atoms with E-state index in [1.807, 2.05) is 0 Å². The molecule has 1 aromatic carbocycles. The number of rotatable bonds is 2. The van der Waals surface area contributed by atoms with Crippen LogP contribution in [-0.2, 0) is 0 Å². The highest BCUT2D eigenvalue weighted by Crippen LogP contribution is 2.26. The molecule has 0 aliphatic heterocycles. The molecule has 0 aliphatic carbocycles. The second-order valence-corrected chi connectivity index (χ2v) is 3.08. The quantitative estimate of drug-likeness (QED) is 0.815. The van der Waals surface area contributed by atoms with Gasteiger partial charge in [0, 0.05) is 10.6 Å². The minimum Gasteiger partial charge on any atom is -0.319 e. The first-order chi connectivity index (χ1) is 6.43. The lowest BCUT2D eigenvalue weighted by Gasteiger charge is -2.12. The van der Waals surface area contributed by atoms with Gasteiger partial charge in [-0.1, -0.05) is 11.6 Å². The Morgan fingerprint density at radius 3 is 1.87 bits per heavy atom. The van der Waals surface area contributed by atoms with Gasteiger partial charge in [-0.3, -0.25) is 0 Å². The largest absolute Gasteiger partial charge is 0.319 e. The van der Waals surface area contributed by atoms with Crippen molar-refractivity contribution >= 4 is 24.0 Å². The molecule has 0 aliphatic rings. The van der Waals surface area contributed by atoms with Gasteiger partial charge in [0.05, 0.1) is 6.04 Å². The first kappa shape index (κ1) is 14.5. The van der Waals surface area contributed by atoms with Crippen molar-refractivity contribution in [2.45, 2.75) is 12.5 Å². The van der Waals surface area contributed by atoms with Crippen LogP contribution in [0.15, 0.2) is 12.1 Å². The Balaban J connectivity index is 0.00000196. The first-order valence-corrected chi connectivity index (χ1v) is 3.99. The molecule has 0 saturated carbocycles. The Labute approximate surface area is 94.6 Å². The molecular weight excluding hydrogens is 257 g/mol. The van der Waals surface area contributed by atoms with E-state index in [1.54, 1.807) is 0 Å². The van der Waals surface area contributed by atoms with Gasteiger partial charge in [-0.25, -0.2) is 17.6 Å². The summed E-state index contributed by atoms with van der Waals surface area (Å²) < 4.78 is 50.1. The van der Waals surface area contributed by atoms with Crippen LogP contribution in [0.3, 0.4) is 0 Å². The van der Waals surface area contributed by atoms with Crippen LogP contribution in [0.5, 0.6) is 0 Å². The molecule has 0 aromatic heterocycles. The summed E-state index contributed by atoms with van der Waals surface area (Å²) in [7, 11) is 0. The number of halogens is 6. The van der Waals surface area contributed by atoms with Gasteiger partial charge in [-0.2, -0.15) is 0 Å². The highest BCUT2D eigenvalue weighted by molar-refractivity contribution is 6.30. The van der Waals surface area contributed by atoms with Crippen molar-refractivity contribution in [1.82, 2.24) is 0 Å². The van der Waals surface area contributed by atoms with Gasteiger partial charge in [0.25, 0.3) is 6.43 Å². The topological polar surface area (TPSA) is 26.0 Å². The van der Waals surface area contributed by atoms with E-state index < -0.39 is 29.7 Å². The predicted molar refractivity (Wildman–Crippen MR) is 51.5 cm³/mol. The summed E-state index contributed by atoms with van der Waals surface area (Å²) in [6, 6.07) is -0.503. The van der Waals surface area contributed by atoms with Crippen molar-refractivity contribution < 1.29 is 17.6 Å². The SMILES string of the molecule is Cl.N[C@H](c1c(F)cc(Cl)cc1F)C(F)F. The van der Waals surface area contributed by atoms with Gasteiger partial charge >= 0.3 is 0 Å². The van der Waals surface area contributed by atoms with E-state index in [2.05, 4.69) is 0 Å². The van der Waals surface area contributed by atoms with Crippen molar-refractivity contribution in [2.24, 2.45) is 5.73 Å². The van der Waals surface area contributed by atoms with Crippen molar-refractivity contribution in [3.05, 3.63) is 34.4 Å². The summed E-state index contributed by atoms with van der Waals surface area (Å²) in [4.78, 5) is 0. The van der Waals surface area contributed by atoms with E-state index in [-0.39, 0.29) is 17.4 Å². The van der Waals surface area contributed by atoms with Crippen LogP contribution in [-0.4, -0.2) is 6.43 Å². The van der Waals surface area contributed by atoms with Gasteiger partial charge in [-0.15, -0.1) is 12.4 Å². The number of hydrogen-bond donors (Lipinski definition) is 1. The molecular formula is C8H7Cl2F4N. The second kappa shape index (κ2) is 5.53. The van der Waals surface area contributed by atoms with Gasteiger partial charge < -0.3 is 5.73 Å². The molecule has 0 fully saturated rings. The van der Waals surface area contributed by atoms with E-state index in [9.17, 15) is 17.6 Å². The van der Waals surface area contributed by atoms with E-state index in [1.165, 1.54) is 0 Å². The summed E-state index contributed by atoms with van der Waals surface area (Å²) in [5.74, 6) is -2.33. The minimum absolute atomic E-state index is 0. The molecule has 0 saturated heterocycles. The molecule has 0 amide bonds. The fourth-order valence-electron chi connectivity index (χ4n) is 0.998. The molecule has 1 aromatic rings. The molecule has 7 heteroatoms. The monoisotopic (exact) mass is 263 g/mol. The molecule has 1 rings (SSSR count). The molecule has 0 radical (unpaired) electrons. The van der Waals surface area contributed by atoms with Gasteiger partial charge in [0.1, 0.15) is 11.6 Å². The summed E-state index contributed by atoms with van der Waals surface area (Å²) >= 11 is 5.30. The molecule has 1 nitrogen and oxygen atoms in total. The maximum atomic E-state index is 13.0. The van der Waals surface area contributed by atoms with Crippen LogP contribution in [0.2, 0.25) is 5.02 Å². The lowest BCUT2D eigenvalue weighted by Crippen LogP contribution is -2.21. The van der Waals surface area contributed by atoms with Crippen molar-refractivity contribution in [3.8, 4) is 0 Å². The third-order valence-electron chi connectivity index (χ3n) is 1.65. The van der Waals surface area contributed by atoms with Crippen LogP contribution in [0.25, 0.3) is 0 Å². The van der Waals surface area contributed by atoms with E-state index >= 15 is 0 Å². The van der Waals surface area contributed by atoms with Crippen LogP contribution in [0.1, 0.15) is 11.6 Å². The van der Waals surface area contributed by atoms with Gasteiger partial charge in [-0.05, 0) is 12.1 Å². The van der Waals surface area contributed by atoms with E-state index in [0.29, 0.717) is 0 Å². The molecule has 0 heterocycles. The Bertz CT molecular complexity index is 322. The average molecular weight is 264 g/mol. The molecule has 0 bridgehead atoms. The number of benzene rings is 1. The second-order valence-electron chi connectivity index (χ2n) is 2.64. The van der Waals surface area contributed by atoms with E-state index in [4.69, 9.17) is 17.3 Å². The molecule has 0 spiro atoms. The Kier molecular flexibility index (Phi) is 5.34. The number of alkyl halides is 2. The Morgan fingerprint density at radius 1 is 1.13 bits per heavy atom. The summed E-state index contributed by atoms with van der Waals surface area (Å²) in [6.45, 7) is 0. The maximum absolute atomic E-state index is 13.0. The van der Waals surface area contributed by atoms with E-state index in [0.717, 1.165) is 12.1 Å².